The molecule has 0 aliphatic heterocycles. The van der Waals surface area contributed by atoms with Crippen LogP contribution in [0.2, 0.25) is 0 Å². The number of rotatable bonds is 9. The second-order valence-corrected chi connectivity index (χ2v) is 7.50. The second kappa shape index (κ2) is 7.85. The minimum atomic E-state index is -0.774. The highest BCUT2D eigenvalue weighted by Gasteiger charge is 2.31. The zero-order valence-electron chi connectivity index (χ0n) is 15.5. The number of hydrogen-bond acceptors (Lipinski definition) is 2. The Morgan fingerprint density at radius 2 is 1.70 bits per heavy atom. The van der Waals surface area contributed by atoms with E-state index in [-0.39, 0.29) is 17.3 Å². The molecule has 0 amide bonds. The van der Waals surface area contributed by atoms with Crippen LogP contribution < -0.4 is 4.74 Å². The summed E-state index contributed by atoms with van der Waals surface area (Å²) in [6.07, 6.45) is 2.76. The Bertz CT molecular complexity index is 530. The van der Waals surface area contributed by atoms with Crippen LogP contribution >= 0.6 is 0 Å². The summed E-state index contributed by atoms with van der Waals surface area (Å²) in [6, 6.07) is 6.28. The Hall–Kier alpha value is -1.51. The van der Waals surface area contributed by atoms with Gasteiger partial charge in [0.25, 0.3) is 0 Å². The summed E-state index contributed by atoms with van der Waals surface area (Å²) in [6.45, 7) is 13.9. The van der Waals surface area contributed by atoms with Crippen LogP contribution in [0.15, 0.2) is 18.2 Å². The fourth-order valence-electron chi connectivity index (χ4n) is 2.69. The molecule has 3 heteroatoms. The van der Waals surface area contributed by atoms with Gasteiger partial charge in [-0.3, -0.25) is 4.79 Å². The lowest BCUT2D eigenvalue weighted by atomic mass is 9.71. The molecule has 0 aliphatic rings. The van der Waals surface area contributed by atoms with E-state index in [1.165, 1.54) is 11.1 Å². The van der Waals surface area contributed by atoms with Crippen molar-refractivity contribution < 1.29 is 14.6 Å². The number of carboxylic acid groups (broad SMARTS) is 1. The van der Waals surface area contributed by atoms with Crippen molar-refractivity contribution >= 4 is 5.97 Å². The van der Waals surface area contributed by atoms with E-state index in [2.05, 4.69) is 53.7 Å². The lowest BCUT2D eigenvalue weighted by molar-refractivity contribution is -0.137. The SMILES string of the molecule is CCC(C)(C)c1cccc(OCCCC(=O)O)c1C(C)(C)CC. The third kappa shape index (κ3) is 4.98. The zero-order valence-corrected chi connectivity index (χ0v) is 15.5. The molecule has 1 aromatic rings. The molecule has 0 aromatic heterocycles. The lowest BCUT2D eigenvalue weighted by Crippen LogP contribution is -2.26. The molecule has 1 rings (SSSR count). The van der Waals surface area contributed by atoms with E-state index in [1.807, 2.05) is 6.07 Å². The van der Waals surface area contributed by atoms with Gasteiger partial charge in [-0.15, -0.1) is 0 Å². The first-order valence-electron chi connectivity index (χ1n) is 8.64. The molecule has 23 heavy (non-hydrogen) atoms. The molecule has 130 valence electrons. The van der Waals surface area contributed by atoms with Crippen LogP contribution in [0.25, 0.3) is 0 Å². The van der Waals surface area contributed by atoms with Crippen LogP contribution in [0.1, 0.15) is 78.4 Å². The Morgan fingerprint density at radius 3 is 2.22 bits per heavy atom. The van der Waals surface area contributed by atoms with Gasteiger partial charge in [0.2, 0.25) is 0 Å². The summed E-state index contributed by atoms with van der Waals surface area (Å²) in [5.74, 6) is 0.129. The summed E-state index contributed by atoms with van der Waals surface area (Å²) in [7, 11) is 0. The lowest BCUT2D eigenvalue weighted by Gasteiger charge is -2.35. The average molecular weight is 320 g/mol. The fraction of sp³-hybridized carbons (Fsp3) is 0.650. The van der Waals surface area contributed by atoms with Crippen molar-refractivity contribution in [2.24, 2.45) is 0 Å². The van der Waals surface area contributed by atoms with E-state index >= 15 is 0 Å². The van der Waals surface area contributed by atoms with E-state index < -0.39 is 5.97 Å². The molecule has 0 bridgehead atoms. The van der Waals surface area contributed by atoms with Crippen LogP contribution in [0.5, 0.6) is 5.75 Å². The van der Waals surface area contributed by atoms with Gasteiger partial charge in [-0.1, -0.05) is 53.7 Å². The molecule has 0 spiro atoms. The second-order valence-electron chi connectivity index (χ2n) is 7.50. The predicted molar refractivity (Wildman–Crippen MR) is 95.4 cm³/mol. The van der Waals surface area contributed by atoms with Crippen molar-refractivity contribution in [3.8, 4) is 5.75 Å². The molecule has 0 saturated heterocycles. The first-order chi connectivity index (χ1) is 10.7. The molecule has 0 radical (unpaired) electrons. The van der Waals surface area contributed by atoms with Gasteiger partial charge < -0.3 is 9.84 Å². The third-order valence-electron chi connectivity index (χ3n) is 4.99. The monoisotopic (exact) mass is 320 g/mol. The zero-order chi connectivity index (χ0) is 17.7. The number of hydrogen-bond donors (Lipinski definition) is 1. The molecule has 0 atom stereocenters. The highest BCUT2D eigenvalue weighted by molar-refractivity contribution is 5.66. The normalized spacial score (nSPS) is 12.3. The standard InChI is InChI=1S/C20H32O3/c1-7-19(3,4)15-11-9-12-16(18(15)20(5,6)8-2)23-14-10-13-17(21)22/h9,11-12H,7-8,10,13-14H2,1-6H3,(H,21,22). The summed E-state index contributed by atoms with van der Waals surface area (Å²) >= 11 is 0. The molecule has 1 aromatic carbocycles. The maximum Gasteiger partial charge on any atom is 0.303 e. The topological polar surface area (TPSA) is 46.5 Å². The smallest absolute Gasteiger partial charge is 0.303 e. The first-order valence-corrected chi connectivity index (χ1v) is 8.64. The minimum Gasteiger partial charge on any atom is -0.493 e. The molecule has 0 heterocycles. The highest BCUT2D eigenvalue weighted by atomic mass is 16.5. The van der Waals surface area contributed by atoms with Gasteiger partial charge in [-0.25, -0.2) is 0 Å². The van der Waals surface area contributed by atoms with Gasteiger partial charge in [-0.05, 0) is 41.7 Å². The molecule has 1 N–H and O–H groups in total. The van der Waals surface area contributed by atoms with E-state index in [1.54, 1.807) is 0 Å². The van der Waals surface area contributed by atoms with Crippen molar-refractivity contribution in [2.75, 3.05) is 6.61 Å². The molecular weight excluding hydrogens is 288 g/mol. The van der Waals surface area contributed by atoms with Crippen molar-refractivity contribution in [3.63, 3.8) is 0 Å². The number of aliphatic carboxylic acids is 1. The van der Waals surface area contributed by atoms with Crippen LogP contribution in [-0.4, -0.2) is 17.7 Å². The number of carboxylic acids is 1. The van der Waals surface area contributed by atoms with Crippen molar-refractivity contribution in [3.05, 3.63) is 29.3 Å². The third-order valence-corrected chi connectivity index (χ3v) is 4.99. The maximum absolute atomic E-state index is 10.7. The molecule has 0 saturated carbocycles. The Kier molecular flexibility index (Phi) is 6.67. The Morgan fingerprint density at radius 1 is 1.09 bits per heavy atom. The molecular formula is C20H32O3. The van der Waals surface area contributed by atoms with E-state index in [9.17, 15) is 4.79 Å². The molecule has 3 nitrogen and oxygen atoms in total. The molecule has 0 aliphatic carbocycles. The quantitative estimate of drug-likeness (QED) is 0.628. The van der Waals surface area contributed by atoms with Gasteiger partial charge in [0.05, 0.1) is 6.61 Å². The van der Waals surface area contributed by atoms with Crippen LogP contribution in [0.3, 0.4) is 0 Å². The van der Waals surface area contributed by atoms with Gasteiger partial charge in [0, 0.05) is 12.0 Å². The minimum absolute atomic E-state index is 0.0190. The van der Waals surface area contributed by atoms with Crippen LogP contribution in [0, 0.1) is 0 Å². The predicted octanol–water partition coefficient (Wildman–Crippen LogP) is 5.31. The summed E-state index contributed by atoms with van der Waals surface area (Å²) in [4.78, 5) is 10.7. The van der Waals surface area contributed by atoms with Gasteiger partial charge >= 0.3 is 5.97 Å². The van der Waals surface area contributed by atoms with E-state index in [0.717, 1.165) is 18.6 Å². The Labute approximate surface area is 141 Å². The fourth-order valence-corrected chi connectivity index (χ4v) is 2.69. The van der Waals surface area contributed by atoms with Crippen molar-refractivity contribution in [1.29, 1.82) is 0 Å². The van der Waals surface area contributed by atoms with Gasteiger partial charge in [0.1, 0.15) is 5.75 Å². The summed E-state index contributed by atoms with van der Waals surface area (Å²) in [5, 5.41) is 8.76. The maximum atomic E-state index is 10.7. The summed E-state index contributed by atoms with van der Waals surface area (Å²) < 4.78 is 5.99. The van der Waals surface area contributed by atoms with Gasteiger partial charge in [-0.2, -0.15) is 0 Å². The number of ether oxygens (including phenoxy) is 1. The van der Waals surface area contributed by atoms with E-state index in [0.29, 0.717) is 13.0 Å². The van der Waals surface area contributed by atoms with Crippen molar-refractivity contribution in [2.45, 2.75) is 78.1 Å². The van der Waals surface area contributed by atoms with Crippen LogP contribution in [-0.2, 0) is 15.6 Å². The number of benzene rings is 1. The average Bonchev–Trinajstić information content (AvgIpc) is 2.51. The number of carbonyl (C=O) groups is 1. The highest BCUT2D eigenvalue weighted by Crippen LogP contribution is 2.42. The first kappa shape index (κ1) is 19.5. The molecule has 0 fully saturated rings. The molecule has 0 unspecified atom stereocenters. The summed E-state index contributed by atoms with van der Waals surface area (Å²) in [5.41, 5.74) is 2.71. The van der Waals surface area contributed by atoms with Crippen molar-refractivity contribution in [1.82, 2.24) is 0 Å². The largest absolute Gasteiger partial charge is 0.493 e. The van der Waals surface area contributed by atoms with E-state index in [4.69, 9.17) is 9.84 Å². The Balaban J connectivity index is 3.19. The van der Waals surface area contributed by atoms with Crippen LogP contribution in [0.4, 0.5) is 0 Å². The van der Waals surface area contributed by atoms with Gasteiger partial charge in [0.15, 0.2) is 0 Å².